The topological polar surface area (TPSA) is 131 Å². The highest BCUT2D eigenvalue weighted by molar-refractivity contribution is 7.47. The van der Waals surface area contributed by atoms with Crippen molar-refractivity contribution < 1.29 is 28.4 Å². The van der Waals surface area contributed by atoms with E-state index in [2.05, 4.69) is 79.9 Å². The lowest BCUT2D eigenvalue weighted by Gasteiger charge is -2.23. The van der Waals surface area contributed by atoms with Gasteiger partial charge in [-0.2, -0.15) is 0 Å². The number of unbranched alkanes of at least 4 members (excludes halogenated alkanes) is 22. The average molecular weight is 847 g/mol. The quantitative estimate of drug-likeness (QED) is 0.0273. The number of allylic oxidation sites excluding steroid dienone is 11. The zero-order chi connectivity index (χ0) is 43.2. The summed E-state index contributed by atoms with van der Waals surface area (Å²) in [5.74, 6) is -0.214. The number of carbonyl (C=O) groups excluding carboxylic acids is 1. The zero-order valence-corrected chi connectivity index (χ0v) is 38.9. The summed E-state index contributed by atoms with van der Waals surface area (Å²) < 4.78 is 22.2. The van der Waals surface area contributed by atoms with Crippen LogP contribution in [0.4, 0.5) is 0 Å². The summed E-state index contributed by atoms with van der Waals surface area (Å²) in [5, 5.41) is 13.7. The summed E-state index contributed by atoms with van der Waals surface area (Å²) in [6, 6.07) is -0.875. The van der Waals surface area contributed by atoms with E-state index in [1.165, 1.54) is 96.3 Å². The highest BCUT2D eigenvalue weighted by atomic mass is 31.2. The van der Waals surface area contributed by atoms with E-state index >= 15 is 0 Å². The van der Waals surface area contributed by atoms with Crippen molar-refractivity contribution in [3.05, 3.63) is 72.9 Å². The molecule has 0 saturated carbocycles. The second kappa shape index (κ2) is 45.5. The third-order valence-corrected chi connectivity index (χ3v) is 11.3. The molecule has 0 bridgehead atoms. The van der Waals surface area contributed by atoms with Gasteiger partial charge in [0.25, 0.3) is 0 Å². The molecule has 0 aromatic carbocycles. The third kappa shape index (κ3) is 43.8. The van der Waals surface area contributed by atoms with Crippen LogP contribution in [0.25, 0.3) is 0 Å². The Kier molecular flexibility index (Phi) is 43.9. The van der Waals surface area contributed by atoms with Crippen molar-refractivity contribution in [3.63, 3.8) is 0 Å². The smallest absolute Gasteiger partial charge is 0.387 e. The molecular formula is C50H91N2O6P. The number of phosphoric ester groups is 1. The van der Waals surface area contributed by atoms with Gasteiger partial charge < -0.3 is 21.1 Å². The van der Waals surface area contributed by atoms with E-state index in [0.717, 1.165) is 89.9 Å². The SMILES string of the molecule is CC/C=C\C/C=C\C/C=C\C/C=C\C/C=C\CCCCCCCC(=O)NC(COP(=O)(O)OCCN)C(O)/C=C/CCCCCCCCCCCCCCCCCCC. The van der Waals surface area contributed by atoms with Crippen molar-refractivity contribution in [1.29, 1.82) is 0 Å². The van der Waals surface area contributed by atoms with Crippen LogP contribution in [0.2, 0.25) is 0 Å². The monoisotopic (exact) mass is 847 g/mol. The zero-order valence-electron chi connectivity index (χ0n) is 38.0. The molecule has 3 unspecified atom stereocenters. The molecule has 0 rings (SSSR count). The summed E-state index contributed by atoms with van der Waals surface area (Å²) in [5.41, 5.74) is 5.38. The molecule has 59 heavy (non-hydrogen) atoms. The lowest BCUT2D eigenvalue weighted by atomic mass is 10.0. The van der Waals surface area contributed by atoms with Crippen LogP contribution in [0.1, 0.15) is 206 Å². The first-order valence-corrected chi connectivity index (χ1v) is 25.6. The molecule has 9 heteroatoms. The van der Waals surface area contributed by atoms with Gasteiger partial charge in [-0.1, -0.05) is 209 Å². The molecule has 0 fully saturated rings. The molecule has 0 aliphatic heterocycles. The first-order valence-electron chi connectivity index (χ1n) is 24.1. The minimum atomic E-state index is -4.35. The van der Waals surface area contributed by atoms with Gasteiger partial charge in [0.15, 0.2) is 0 Å². The normalized spacial score (nSPS) is 14.6. The number of nitrogens with one attached hydrogen (secondary N) is 1. The summed E-state index contributed by atoms with van der Waals surface area (Å²) in [6.45, 7) is 4.01. The van der Waals surface area contributed by atoms with E-state index in [-0.39, 0.29) is 25.7 Å². The van der Waals surface area contributed by atoms with Gasteiger partial charge in [0.05, 0.1) is 25.4 Å². The van der Waals surface area contributed by atoms with Crippen LogP contribution < -0.4 is 11.1 Å². The van der Waals surface area contributed by atoms with Crippen molar-refractivity contribution in [3.8, 4) is 0 Å². The Morgan fingerprint density at radius 3 is 1.44 bits per heavy atom. The fourth-order valence-corrected chi connectivity index (χ4v) is 7.45. The fourth-order valence-electron chi connectivity index (χ4n) is 6.69. The van der Waals surface area contributed by atoms with Gasteiger partial charge in [-0.05, 0) is 64.2 Å². The number of hydrogen-bond donors (Lipinski definition) is 4. The highest BCUT2D eigenvalue weighted by Crippen LogP contribution is 2.43. The Hall–Kier alpha value is -2.06. The molecule has 0 aromatic heterocycles. The molecule has 8 nitrogen and oxygen atoms in total. The maximum atomic E-state index is 12.8. The largest absolute Gasteiger partial charge is 0.472 e. The third-order valence-electron chi connectivity index (χ3n) is 10.3. The standard InChI is InChI=1S/C50H91N2O6P/c1-3-5-7-9-11-13-15-17-19-21-23-24-26-28-30-32-34-36-38-40-42-44-50(54)52-48(47-58-59(55,56)57-46-45-51)49(53)43-41-39-37-35-33-31-29-27-25-22-20-18-16-14-12-10-8-6-4-2/h5,7,11,13,17,19,23-24,28,30,41,43,48-49,53H,3-4,6,8-10,12,14-16,18,20-22,25-27,29,31-40,42,44-47,51H2,1-2H3,(H,52,54)(H,55,56)/b7-5-,13-11-,19-17-,24-23-,30-28-,43-41+. The fraction of sp³-hybridized carbons (Fsp3) is 0.740. The van der Waals surface area contributed by atoms with Gasteiger partial charge >= 0.3 is 7.82 Å². The van der Waals surface area contributed by atoms with Gasteiger partial charge in [-0.15, -0.1) is 0 Å². The molecule has 0 aliphatic carbocycles. The first-order chi connectivity index (χ1) is 28.9. The molecule has 0 spiro atoms. The second-order valence-electron chi connectivity index (χ2n) is 15.9. The van der Waals surface area contributed by atoms with Crippen LogP contribution in [0.15, 0.2) is 72.9 Å². The Bertz CT molecular complexity index is 1150. The van der Waals surface area contributed by atoms with Crippen molar-refractivity contribution in [1.82, 2.24) is 5.32 Å². The lowest BCUT2D eigenvalue weighted by molar-refractivity contribution is -0.123. The Balaban J connectivity index is 4.21. The number of amides is 1. The molecule has 3 atom stereocenters. The molecule has 0 heterocycles. The Morgan fingerprint density at radius 2 is 0.983 bits per heavy atom. The van der Waals surface area contributed by atoms with Crippen molar-refractivity contribution >= 4 is 13.7 Å². The van der Waals surface area contributed by atoms with E-state index in [4.69, 9.17) is 14.8 Å². The van der Waals surface area contributed by atoms with E-state index < -0.39 is 20.0 Å². The van der Waals surface area contributed by atoms with Crippen LogP contribution in [0.5, 0.6) is 0 Å². The molecule has 1 amide bonds. The number of hydrogen-bond acceptors (Lipinski definition) is 6. The molecule has 0 radical (unpaired) electrons. The van der Waals surface area contributed by atoms with E-state index in [1.807, 2.05) is 6.08 Å². The van der Waals surface area contributed by atoms with Crippen LogP contribution in [0.3, 0.4) is 0 Å². The summed E-state index contributed by atoms with van der Waals surface area (Å²) in [6.07, 6.45) is 59.5. The number of carbonyl (C=O) groups is 1. The van der Waals surface area contributed by atoms with Crippen molar-refractivity contribution in [2.24, 2.45) is 5.73 Å². The number of rotatable bonds is 44. The Labute approximate surface area is 363 Å². The van der Waals surface area contributed by atoms with Crippen molar-refractivity contribution in [2.75, 3.05) is 19.8 Å². The number of aliphatic hydroxyl groups is 1. The summed E-state index contributed by atoms with van der Waals surface area (Å²) >= 11 is 0. The first kappa shape index (κ1) is 56.9. The summed E-state index contributed by atoms with van der Waals surface area (Å²) in [7, 11) is -4.35. The van der Waals surface area contributed by atoms with Gasteiger partial charge in [0, 0.05) is 13.0 Å². The van der Waals surface area contributed by atoms with Crippen LogP contribution in [0, 0.1) is 0 Å². The van der Waals surface area contributed by atoms with Crippen LogP contribution >= 0.6 is 7.82 Å². The minimum Gasteiger partial charge on any atom is -0.387 e. The van der Waals surface area contributed by atoms with Crippen LogP contribution in [-0.4, -0.2) is 47.8 Å². The molecule has 0 aliphatic rings. The molecule has 0 aromatic rings. The van der Waals surface area contributed by atoms with Gasteiger partial charge in [-0.3, -0.25) is 13.8 Å². The van der Waals surface area contributed by atoms with E-state index in [1.54, 1.807) is 6.08 Å². The molecular weight excluding hydrogens is 756 g/mol. The minimum absolute atomic E-state index is 0.0716. The Morgan fingerprint density at radius 1 is 0.576 bits per heavy atom. The maximum Gasteiger partial charge on any atom is 0.472 e. The van der Waals surface area contributed by atoms with Gasteiger partial charge in [0.2, 0.25) is 5.91 Å². The van der Waals surface area contributed by atoms with Crippen molar-refractivity contribution in [2.45, 2.75) is 219 Å². The predicted octanol–water partition coefficient (Wildman–Crippen LogP) is 14.0. The molecule has 5 N–H and O–H groups in total. The number of nitrogens with two attached hydrogens (primary N) is 1. The summed E-state index contributed by atoms with van der Waals surface area (Å²) in [4.78, 5) is 22.8. The van der Waals surface area contributed by atoms with Gasteiger partial charge in [0.1, 0.15) is 0 Å². The maximum absolute atomic E-state index is 12.8. The van der Waals surface area contributed by atoms with E-state index in [9.17, 15) is 19.4 Å². The average Bonchev–Trinajstić information content (AvgIpc) is 3.22. The number of aliphatic hydroxyl groups excluding tert-OH is 1. The molecule has 0 saturated heterocycles. The molecule has 342 valence electrons. The van der Waals surface area contributed by atoms with E-state index in [0.29, 0.717) is 6.42 Å². The highest BCUT2D eigenvalue weighted by Gasteiger charge is 2.26. The van der Waals surface area contributed by atoms with Crippen LogP contribution in [-0.2, 0) is 18.4 Å². The number of phosphoric acid groups is 1. The predicted molar refractivity (Wildman–Crippen MR) is 253 cm³/mol. The van der Waals surface area contributed by atoms with Gasteiger partial charge in [-0.25, -0.2) is 4.57 Å². The lowest BCUT2D eigenvalue weighted by Crippen LogP contribution is -2.45. The second-order valence-corrected chi connectivity index (χ2v) is 17.4.